The average Bonchev–Trinajstić information content (AvgIpc) is 2.21. The summed E-state index contributed by atoms with van der Waals surface area (Å²) in [6.07, 6.45) is 3.36. The van der Waals surface area contributed by atoms with Crippen molar-refractivity contribution in [3.05, 3.63) is 36.7 Å². The van der Waals surface area contributed by atoms with Crippen molar-refractivity contribution in [1.82, 2.24) is 9.97 Å². The molecule has 0 amide bonds. The van der Waals surface area contributed by atoms with Crippen molar-refractivity contribution in [2.24, 2.45) is 0 Å². The second kappa shape index (κ2) is 5.33. The van der Waals surface area contributed by atoms with Gasteiger partial charge in [0.05, 0.1) is 0 Å². The second-order valence-corrected chi connectivity index (χ2v) is 1.97. The van der Waals surface area contributed by atoms with Gasteiger partial charge in [0, 0.05) is 12.4 Å². The number of fused-ring (bicyclic) bond motifs is 1. The molecule has 0 bridgehead atoms. The number of hydrogen-bond donors (Lipinski definition) is 0. The van der Waals surface area contributed by atoms with Gasteiger partial charge in [0.15, 0.2) is 0 Å². The van der Waals surface area contributed by atoms with Gasteiger partial charge in [-0.1, -0.05) is 0 Å². The zero-order chi connectivity index (χ0) is 8.81. The van der Waals surface area contributed by atoms with E-state index in [0.29, 0.717) is 0 Å². The fraction of sp³-hybridized carbons (Fsp3) is 0. The van der Waals surface area contributed by atoms with E-state index in [-0.39, 0.29) is 0 Å². The third-order valence-electron chi connectivity index (χ3n) is 1.31. The second-order valence-electron chi connectivity index (χ2n) is 1.97. The van der Waals surface area contributed by atoms with E-state index in [0.717, 1.165) is 11.0 Å². The Labute approximate surface area is 87.5 Å². The Morgan fingerprint density at radius 1 is 1.17 bits per heavy atom. The minimum absolute atomic E-state index is 0.894. The Morgan fingerprint density at radius 2 is 1.83 bits per heavy atom. The molecule has 0 aliphatic heterocycles. The van der Waals surface area contributed by atoms with Gasteiger partial charge in [-0.25, -0.2) is 0 Å². The van der Waals surface area contributed by atoms with Gasteiger partial charge in [0.25, 0.3) is 0 Å². The van der Waals surface area contributed by atoms with Crippen molar-refractivity contribution in [2.75, 3.05) is 0 Å². The van der Waals surface area contributed by atoms with E-state index >= 15 is 0 Å². The van der Waals surface area contributed by atoms with Gasteiger partial charge in [-0.3, -0.25) is 4.98 Å². The van der Waals surface area contributed by atoms with Gasteiger partial charge in [-0.05, 0) is 11.0 Å². The molecule has 0 unspecified atom stereocenters. The predicted octanol–water partition coefficient (Wildman–Crippen LogP) is 2.27. The van der Waals surface area contributed by atoms with Crippen LogP contribution in [0.1, 0.15) is 0 Å². The van der Waals surface area contributed by atoms with E-state index in [9.17, 15) is 0 Å². The van der Waals surface area contributed by atoms with E-state index in [1.54, 1.807) is 12.4 Å². The van der Waals surface area contributed by atoms with Crippen LogP contribution in [-0.2, 0) is 16.3 Å². The standard InChI is InChI=1S/C8H5N2.BrH.Zn/c1-2-4-8-7(3-1)9-5-6-10-8;;/h1,3-6H;1H;/q-1;;+2/p-1. The minimum Gasteiger partial charge on any atom is -0.318 e. The van der Waals surface area contributed by atoms with Crippen molar-refractivity contribution in [3.8, 4) is 0 Å². The predicted molar refractivity (Wildman–Crippen MR) is 47.3 cm³/mol. The normalized spacial score (nSPS) is 8.92. The molecule has 12 heavy (non-hydrogen) atoms. The topological polar surface area (TPSA) is 25.8 Å². The largest absolute Gasteiger partial charge is 0.318 e. The van der Waals surface area contributed by atoms with Crippen LogP contribution >= 0.6 is 13.6 Å². The zero-order valence-electron chi connectivity index (χ0n) is 6.37. The smallest absolute Gasteiger partial charge is 0.0420 e. The van der Waals surface area contributed by atoms with Crippen molar-refractivity contribution < 1.29 is 16.3 Å². The van der Waals surface area contributed by atoms with Crippen LogP contribution in [0.15, 0.2) is 30.6 Å². The molecular weight excluding hydrogens is 269 g/mol. The third kappa shape index (κ3) is 2.32. The first kappa shape index (κ1) is 9.75. The first-order chi connectivity index (χ1) is 5.97. The van der Waals surface area contributed by atoms with Crippen LogP contribution in [0, 0.1) is 6.07 Å². The van der Waals surface area contributed by atoms with Crippen molar-refractivity contribution in [2.45, 2.75) is 0 Å². The van der Waals surface area contributed by atoms with E-state index in [4.69, 9.17) is 0 Å². The number of benzene rings is 1. The number of rotatable bonds is 0. The van der Waals surface area contributed by atoms with Crippen molar-refractivity contribution in [1.29, 1.82) is 0 Å². The molecule has 56 valence electrons. The minimum atomic E-state index is 0.894. The molecule has 2 rings (SSSR count). The van der Waals surface area contributed by atoms with Gasteiger partial charge in [-0.15, -0.1) is 12.1 Å². The SMILES string of the molecule is [Zn+][Br].[c-]1ccc2nccnc2c1. The maximum atomic E-state index is 4.10. The van der Waals surface area contributed by atoms with E-state index in [1.807, 2.05) is 18.2 Å². The Balaban J connectivity index is 0.000000336. The summed E-state index contributed by atoms with van der Waals surface area (Å²) in [5.74, 6) is 0. The summed E-state index contributed by atoms with van der Waals surface area (Å²) in [7, 11) is 0. The molecule has 2 nitrogen and oxygen atoms in total. The van der Waals surface area contributed by atoms with Crippen LogP contribution in [0.25, 0.3) is 11.0 Å². The number of halogens is 1. The van der Waals surface area contributed by atoms with Gasteiger partial charge in [0.1, 0.15) is 0 Å². The summed E-state index contributed by atoms with van der Waals surface area (Å²) >= 11 is 4.25. The van der Waals surface area contributed by atoms with E-state index < -0.39 is 0 Å². The maximum Gasteiger partial charge on any atom is 0.0420 e. The molecule has 0 aliphatic carbocycles. The van der Waals surface area contributed by atoms with Crippen LogP contribution in [0.5, 0.6) is 0 Å². The number of hydrogen-bond acceptors (Lipinski definition) is 2. The van der Waals surface area contributed by atoms with Crippen LogP contribution in [0.3, 0.4) is 0 Å². The average molecular weight is 274 g/mol. The Bertz CT molecular complexity index is 288. The summed E-state index contributed by atoms with van der Waals surface area (Å²) in [4.78, 5) is 8.19. The molecule has 0 saturated heterocycles. The maximum absolute atomic E-state index is 4.10. The molecule has 2 aromatic rings. The molecule has 0 fully saturated rings. The molecule has 0 N–H and O–H groups in total. The van der Waals surface area contributed by atoms with Crippen LogP contribution < -0.4 is 0 Å². The molecule has 0 aliphatic rings. The first-order valence-electron chi connectivity index (χ1n) is 3.30. The van der Waals surface area contributed by atoms with Gasteiger partial charge in [0.2, 0.25) is 0 Å². The summed E-state index contributed by atoms with van der Waals surface area (Å²) in [6, 6.07) is 8.48. The number of aromatic nitrogens is 2. The van der Waals surface area contributed by atoms with Crippen molar-refractivity contribution >= 4 is 24.7 Å². The molecule has 0 spiro atoms. The molecular formula is C8H5BrN2Zn. The van der Waals surface area contributed by atoms with E-state index in [2.05, 4.69) is 29.7 Å². The Kier molecular flexibility index (Phi) is 4.33. The van der Waals surface area contributed by atoms with Gasteiger partial charge in [-0.2, -0.15) is 12.1 Å². The third-order valence-corrected chi connectivity index (χ3v) is 1.31. The van der Waals surface area contributed by atoms with E-state index in [1.165, 1.54) is 16.3 Å². The molecule has 0 saturated carbocycles. The van der Waals surface area contributed by atoms with Gasteiger partial charge < -0.3 is 4.98 Å². The first-order valence-corrected chi connectivity index (χ1v) is 10.3. The fourth-order valence-corrected chi connectivity index (χ4v) is 0.853. The summed E-state index contributed by atoms with van der Waals surface area (Å²) in [5, 5.41) is 0. The van der Waals surface area contributed by atoms with Crippen LogP contribution in [0.4, 0.5) is 0 Å². The van der Waals surface area contributed by atoms with Crippen molar-refractivity contribution in [3.63, 3.8) is 0 Å². The molecule has 1 aromatic heterocycles. The summed E-state index contributed by atoms with van der Waals surface area (Å²) < 4.78 is 0. The molecule has 4 heteroatoms. The molecule has 1 heterocycles. The number of nitrogens with zero attached hydrogens (tertiary/aromatic N) is 2. The monoisotopic (exact) mass is 272 g/mol. The quantitative estimate of drug-likeness (QED) is 0.544. The molecule has 0 atom stereocenters. The fourth-order valence-electron chi connectivity index (χ4n) is 0.853. The van der Waals surface area contributed by atoms with Crippen LogP contribution in [-0.4, -0.2) is 9.97 Å². The molecule has 1 aromatic carbocycles. The van der Waals surface area contributed by atoms with Gasteiger partial charge >= 0.3 is 30.0 Å². The zero-order valence-corrected chi connectivity index (χ0v) is 10.9. The summed E-state index contributed by atoms with van der Waals surface area (Å²) in [6.45, 7) is 0. The Hall–Kier alpha value is -0.337. The Morgan fingerprint density at radius 3 is 2.50 bits per heavy atom. The van der Waals surface area contributed by atoms with Crippen LogP contribution in [0.2, 0.25) is 0 Å². The summed E-state index contributed by atoms with van der Waals surface area (Å²) in [5.41, 5.74) is 1.81. The molecule has 0 radical (unpaired) electrons.